The van der Waals surface area contributed by atoms with E-state index in [1.165, 1.54) is 0 Å². The lowest BCUT2D eigenvalue weighted by molar-refractivity contribution is 0.0402. The van der Waals surface area contributed by atoms with Gasteiger partial charge in [0.05, 0.1) is 36.4 Å². The number of oxazole rings is 1. The van der Waals surface area contributed by atoms with E-state index in [0.29, 0.717) is 23.2 Å². The van der Waals surface area contributed by atoms with Gasteiger partial charge in [0.25, 0.3) is 0 Å². The highest BCUT2D eigenvalue weighted by molar-refractivity contribution is 7.91. The normalized spacial score (nSPS) is 26.4. The van der Waals surface area contributed by atoms with Crippen LogP contribution < -0.4 is 0 Å². The minimum Gasteiger partial charge on any atom is -0.439 e. The van der Waals surface area contributed by atoms with E-state index >= 15 is 0 Å². The molecule has 2 aromatic rings. The van der Waals surface area contributed by atoms with Crippen molar-refractivity contribution in [3.8, 4) is 11.3 Å². The summed E-state index contributed by atoms with van der Waals surface area (Å²) < 4.78 is 29.3. The fourth-order valence-corrected chi connectivity index (χ4v) is 5.78. The molecule has 1 aromatic heterocycles. The Kier molecular flexibility index (Phi) is 5.26. The molecular formula is C18H22ClN3O4S. The maximum atomic E-state index is 11.7. The van der Waals surface area contributed by atoms with E-state index in [2.05, 4.69) is 14.8 Å². The summed E-state index contributed by atoms with van der Waals surface area (Å²) in [5.74, 6) is 1.25. The maximum absolute atomic E-state index is 11.7. The number of aliphatic hydroxyl groups is 1. The van der Waals surface area contributed by atoms with Crippen molar-refractivity contribution < 1.29 is 17.9 Å². The molecule has 2 saturated heterocycles. The molecule has 0 spiro atoms. The monoisotopic (exact) mass is 411 g/mol. The molecule has 0 bridgehead atoms. The van der Waals surface area contributed by atoms with Gasteiger partial charge in [-0.2, -0.15) is 0 Å². The van der Waals surface area contributed by atoms with Gasteiger partial charge in [-0.15, -0.1) is 0 Å². The van der Waals surface area contributed by atoms with E-state index in [-0.39, 0.29) is 17.5 Å². The molecule has 0 aliphatic carbocycles. The van der Waals surface area contributed by atoms with Crippen LogP contribution in [0.2, 0.25) is 5.02 Å². The highest BCUT2D eigenvalue weighted by Gasteiger charge is 2.40. The highest BCUT2D eigenvalue weighted by Crippen LogP contribution is 2.24. The van der Waals surface area contributed by atoms with Gasteiger partial charge in [0.1, 0.15) is 0 Å². The van der Waals surface area contributed by atoms with Gasteiger partial charge in [-0.3, -0.25) is 9.80 Å². The number of benzene rings is 1. The molecule has 2 aliphatic rings. The molecular weight excluding hydrogens is 390 g/mol. The molecule has 1 N–H and O–H groups in total. The van der Waals surface area contributed by atoms with Crippen LogP contribution in [0.5, 0.6) is 0 Å². The van der Waals surface area contributed by atoms with Crippen molar-refractivity contribution in [2.24, 2.45) is 0 Å². The van der Waals surface area contributed by atoms with Gasteiger partial charge in [-0.25, -0.2) is 13.4 Å². The number of aliphatic hydroxyl groups excluding tert-OH is 1. The molecule has 7 nitrogen and oxygen atoms in total. The first-order valence-corrected chi connectivity index (χ1v) is 11.2. The van der Waals surface area contributed by atoms with Crippen LogP contribution in [0.15, 0.2) is 34.9 Å². The molecule has 2 atom stereocenters. The summed E-state index contributed by atoms with van der Waals surface area (Å²) in [7, 11) is -3.12. The summed E-state index contributed by atoms with van der Waals surface area (Å²) in [4.78, 5) is 8.66. The standard InChI is InChI=1S/C18H22ClN3O4S/c19-14-3-1-2-13(8-14)17-9-20-18(26-17)10-21-4-6-22(7-5-21)15-11-27(24,25)12-16(15)23/h1-3,8-9,15-16,23H,4-7,10-12H2/t15-,16-/m0/s1. The summed E-state index contributed by atoms with van der Waals surface area (Å²) in [5.41, 5.74) is 0.891. The smallest absolute Gasteiger partial charge is 0.209 e. The number of halogens is 1. The largest absolute Gasteiger partial charge is 0.439 e. The van der Waals surface area contributed by atoms with E-state index in [9.17, 15) is 13.5 Å². The van der Waals surface area contributed by atoms with Gasteiger partial charge in [0.2, 0.25) is 5.89 Å². The summed E-state index contributed by atoms with van der Waals surface area (Å²) in [5, 5.41) is 10.7. The molecule has 27 heavy (non-hydrogen) atoms. The van der Waals surface area contributed by atoms with Crippen LogP contribution >= 0.6 is 11.6 Å². The molecule has 1 aromatic carbocycles. The number of sulfone groups is 1. The molecule has 0 unspecified atom stereocenters. The number of aromatic nitrogens is 1. The maximum Gasteiger partial charge on any atom is 0.209 e. The fraction of sp³-hybridized carbons (Fsp3) is 0.500. The van der Waals surface area contributed by atoms with Gasteiger partial charge in [0, 0.05) is 36.8 Å². The van der Waals surface area contributed by atoms with Crippen molar-refractivity contribution in [1.82, 2.24) is 14.8 Å². The van der Waals surface area contributed by atoms with Crippen molar-refractivity contribution in [1.29, 1.82) is 0 Å². The minimum absolute atomic E-state index is 0.0525. The zero-order chi connectivity index (χ0) is 19.0. The lowest BCUT2D eigenvalue weighted by Crippen LogP contribution is -2.53. The second-order valence-corrected chi connectivity index (χ2v) is 9.74. The average Bonchev–Trinajstić information content (AvgIpc) is 3.19. The Balaban J connectivity index is 1.34. The second-order valence-electron chi connectivity index (χ2n) is 7.15. The first kappa shape index (κ1) is 18.9. The lowest BCUT2D eigenvalue weighted by atomic mass is 10.1. The fourth-order valence-electron chi connectivity index (χ4n) is 3.76. The molecule has 2 fully saturated rings. The molecule has 146 valence electrons. The van der Waals surface area contributed by atoms with Gasteiger partial charge in [-0.1, -0.05) is 23.7 Å². The molecule has 3 heterocycles. The average molecular weight is 412 g/mol. The van der Waals surface area contributed by atoms with Crippen molar-refractivity contribution in [3.63, 3.8) is 0 Å². The Hall–Kier alpha value is -1.45. The third-order valence-corrected chi connectivity index (χ3v) is 7.12. The number of hydrogen-bond donors (Lipinski definition) is 1. The zero-order valence-electron chi connectivity index (χ0n) is 14.8. The Morgan fingerprint density at radius 1 is 1.22 bits per heavy atom. The molecule has 0 saturated carbocycles. The number of piperazine rings is 1. The summed E-state index contributed by atoms with van der Waals surface area (Å²) >= 11 is 6.02. The minimum atomic E-state index is -3.12. The van der Waals surface area contributed by atoms with Gasteiger partial charge in [-0.05, 0) is 12.1 Å². The van der Waals surface area contributed by atoms with E-state index in [4.69, 9.17) is 16.0 Å². The quantitative estimate of drug-likeness (QED) is 0.810. The topological polar surface area (TPSA) is 86.9 Å². The molecule has 9 heteroatoms. The van der Waals surface area contributed by atoms with E-state index in [1.807, 2.05) is 24.3 Å². The van der Waals surface area contributed by atoms with Crippen LogP contribution in [-0.2, 0) is 16.4 Å². The van der Waals surface area contributed by atoms with Crippen LogP contribution in [-0.4, -0.2) is 78.1 Å². The van der Waals surface area contributed by atoms with Crippen molar-refractivity contribution in [2.45, 2.75) is 18.7 Å². The molecule has 4 rings (SSSR count). The third kappa shape index (κ3) is 4.35. The SMILES string of the molecule is O=S1(=O)C[C@H](O)[C@@H](N2CCN(Cc3ncc(-c4cccc(Cl)c4)o3)CC2)C1. The number of rotatable bonds is 4. The predicted octanol–water partition coefficient (Wildman–Crippen LogP) is 1.27. The second kappa shape index (κ2) is 7.52. The predicted molar refractivity (Wildman–Crippen MR) is 102 cm³/mol. The van der Waals surface area contributed by atoms with Gasteiger partial charge in [0.15, 0.2) is 15.6 Å². The molecule has 2 aliphatic heterocycles. The van der Waals surface area contributed by atoms with E-state index < -0.39 is 15.9 Å². The lowest BCUT2D eigenvalue weighted by Gasteiger charge is -2.38. The Bertz CT molecular complexity index is 909. The number of nitrogens with zero attached hydrogens (tertiary/aromatic N) is 3. The molecule has 0 amide bonds. The Morgan fingerprint density at radius 2 is 2.00 bits per heavy atom. The highest BCUT2D eigenvalue weighted by atomic mass is 35.5. The van der Waals surface area contributed by atoms with Crippen molar-refractivity contribution in [3.05, 3.63) is 41.4 Å². The summed E-state index contributed by atoms with van der Waals surface area (Å²) in [6, 6.07) is 7.17. The van der Waals surface area contributed by atoms with Crippen LogP contribution in [0.4, 0.5) is 0 Å². The van der Waals surface area contributed by atoms with Crippen LogP contribution in [0.1, 0.15) is 5.89 Å². The zero-order valence-corrected chi connectivity index (χ0v) is 16.4. The number of hydrogen-bond acceptors (Lipinski definition) is 7. The Labute approximate surface area is 163 Å². The van der Waals surface area contributed by atoms with Gasteiger partial charge < -0.3 is 9.52 Å². The first-order chi connectivity index (χ1) is 12.9. The summed E-state index contributed by atoms with van der Waals surface area (Å²) in [6.45, 7) is 3.59. The van der Waals surface area contributed by atoms with E-state index in [1.54, 1.807) is 6.20 Å². The molecule has 0 radical (unpaired) electrons. The van der Waals surface area contributed by atoms with Gasteiger partial charge >= 0.3 is 0 Å². The van der Waals surface area contributed by atoms with Crippen LogP contribution in [0.3, 0.4) is 0 Å². The van der Waals surface area contributed by atoms with Crippen LogP contribution in [0, 0.1) is 0 Å². The summed E-state index contributed by atoms with van der Waals surface area (Å²) in [6.07, 6.45) is 0.922. The third-order valence-electron chi connectivity index (χ3n) is 5.19. The Morgan fingerprint density at radius 3 is 2.67 bits per heavy atom. The van der Waals surface area contributed by atoms with Crippen molar-refractivity contribution in [2.75, 3.05) is 37.7 Å². The first-order valence-electron chi connectivity index (χ1n) is 8.95. The van der Waals surface area contributed by atoms with Crippen molar-refractivity contribution >= 4 is 21.4 Å². The van der Waals surface area contributed by atoms with Crippen LogP contribution in [0.25, 0.3) is 11.3 Å². The van der Waals surface area contributed by atoms with E-state index in [0.717, 1.165) is 31.7 Å².